The van der Waals surface area contributed by atoms with Crippen LogP contribution in [0.3, 0.4) is 0 Å². The first-order valence-corrected chi connectivity index (χ1v) is 6.45. The van der Waals surface area contributed by atoms with E-state index in [9.17, 15) is 9.00 Å². The fourth-order valence-corrected chi connectivity index (χ4v) is 3.50. The molecule has 5 heteroatoms. The predicted octanol–water partition coefficient (Wildman–Crippen LogP) is 1.02. The summed E-state index contributed by atoms with van der Waals surface area (Å²) in [5.41, 5.74) is -0.923. The van der Waals surface area contributed by atoms with E-state index in [2.05, 4.69) is 0 Å². The molecule has 0 aliphatic carbocycles. The summed E-state index contributed by atoms with van der Waals surface area (Å²) in [6, 6.07) is 0. The van der Waals surface area contributed by atoms with Crippen LogP contribution >= 0.6 is 0 Å². The van der Waals surface area contributed by atoms with Gasteiger partial charge in [0.25, 0.3) is 0 Å². The van der Waals surface area contributed by atoms with Gasteiger partial charge in [0, 0.05) is 23.2 Å². The quantitative estimate of drug-likeness (QED) is 0.789. The molecule has 0 spiro atoms. The van der Waals surface area contributed by atoms with E-state index >= 15 is 0 Å². The Morgan fingerprint density at radius 1 is 1.60 bits per heavy atom. The Balaban J connectivity index is 2.59. The van der Waals surface area contributed by atoms with Gasteiger partial charge in [-0.15, -0.1) is 0 Å². The molecular weight excluding hydrogens is 216 g/mol. The number of aliphatic carboxylic acids is 1. The van der Waals surface area contributed by atoms with Crippen LogP contribution in [0.5, 0.6) is 0 Å². The third kappa shape index (κ3) is 3.01. The summed E-state index contributed by atoms with van der Waals surface area (Å²) in [4.78, 5) is 10.9. The minimum Gasteiger partial charge on any atom is -0.481 e. The maximum atomic E-state index is 11.9. The van der Waals surface area contributed by atoms with Crippen LogP contribution in [0.25, 0.3) is 0 Å². The number of carbonyl (C=O) groups is 1. The Bertz CT molecular complexity index is 275. The van der Waals surface area contributed by atoms with Crippen LogP contribution in [-0.2, 0) is 20.3 Å². The Kier molecular flexibility index (Phi) is 3.89. The average molecular weight is 234 g/mol. The lowest BCUT2D eigenvalue weighted by Crippen LogP contribution is -2.35. The van der Waals surface area contributed by atoms with Crippen molar-refractivity contribution >= 4 is 16.8 Å². The van der Waals surface area contributed by atoms with Crippen LogP contribution in [0.1, 0.15) is 27.2 Å². The zero-order valence-electron chi connectivity index (χ0n) is 9.36. The summed E-state index contributed by atoms with van der Waals surface area (Å²) in [5.74, 6) is -0.705. The van der Waals surface area contributed by atoms with Gasteiger partial charge in [-0.25, -0.2) is 0 Å². The van der Waals surface area contributed by atoms with Crippen LogP contribution in [0.15, 0.2) is 0 Å². The van der Waals surface area contributed by atoms with Crippen LogP contribution in [0.2, 0.25) is 0 Å². The highest BCUT2D eigenvalue weighted by Gasteiger charge is 2.36. The molecule has 0 saturated carbocycles. The number of hydrogen-bond acceptors (Lipinski definition) is 3. The second-order valence-corrected chi connectivity index (χ2v) is 6.27. The molecule has 0 bridgehead atoms. The van der Waals surface area contributed by atoms with Crippen molar-refractivity contribution in [3.63, 3.8) is 0 Å². The van der Waals surface area contributed by atoms with Gasteiger partial charge in [-0.2, -0.15) is 0 Å². The van der Waals surface area contributed by atoms with Crippen molar-refractivity contribution in [2.45, 2.75) is 38.5 Å². The fraction of sp³-hybridized carbons (Fsp3) is 0.900. The number of carboxylic acid groups (broad SMARTS) is 1. The van der Waals surface area contributed by atoms with E-state index in [-0.39, 0.29) is 17.1 Å². The van der Waals surface area contributed by atoms with Crippen molar-refractivity contribution in [3.8, 4) is 0 Å². The molecule has 1 fully saturated rings. The minimum absolute atomic E-state index is 0.0105. The summed E-state index contributed by atoms with van der Waals surface area (Å²) >= 11 is 0. The molecule has 1 N–H and O–H groups in total. The van der Waals surface area contributed by atoms with Gasteiger partial charge in [-0.05, 0) is 27.2 Å². The van der Waals surface area contributed by atoms with Crippen LogP contribution in [0.4, 0.5) is 0 Å². The van der Waals surface area contributed by atoms with Crippen molar-refractivity contribution < 1.29 is 18.8 Å². The lowest BCUT2D eigenvalue weighted by atomic mass is 9.97. The van der Waals surface area contributed by atoms with Gasteiger partial charge in [0.15, 0.2) is 0 Å². The zero-order valence-corrected chi connectivity index (χ0v) is 10.2. The number of rotatable bonds is 4. The van der Waals surface area contributed by atoms with E-state index in [4.69, 9.17) is 9.84 Å². The number of hydrogen-bond donors (Lipinski definition) is 1. The van der Waals surface area contributed by atoms with Crippen molar-refractivity contribution in [2.75, 3.05) is 12.4 Å². The fourth-order valence-electron chi connectivity index (χ4n) is 1.58. The zero-order chi connectivity index (χ0) is 11.6. The first kappa shape index (κ1) is 12.6. The highest BCUT2D eigenvalue weighted by atomic mass is 32.2. The highest BCUT2D eigenvalue weighted by Crippen LogP contribution is 2.24. The Morgan fingerprint density at radius 3 is 2.60 bits per heavy atom. The molecule has 0 aromatic carbocycles. The van der Waals surface area contributed by atoms with Crippen molar-refractivity contribution in [3.05, 3.63) is 0 Å². The molecule has 0 radical (unpaired) electrons. The molecule has 3 atom stereocenters. The SMILES string of the molecule is CC1OCCC1S(=O)CC(C)(C)C(=O)O. The van der Waals surface area contributed by atoms with Crippen molar-refractivity contribution in [1.29, 1.82) is 0 Å². The minimum atomic E-state index is -1.12. The topological polar surface area (TPSA) is 63.6 Å². The second kappa shape index (κ2) is 4.61. The second-order valence-electron chi connectivity index (χ2n) is 4.62. The van der Waals surface area contributed by atoms with Crippen LogP contribution < -0.4 is 0 Å². The summed E-state index contributed by atoms with van der Waals surface area (Å²) in [5, 5.41) is 8.92. The van der Waals surface area contributed by atoms with E-state index in [0.717, 1.165) is 6.42 Å². The maximum absolute atomic E-state index is 11.9. The monoisotopic (exact) mass is 234 g/mol. The van der Waals surface area contributed by atoms with Gasteiger partial charge in [0.1, 0.15) is 0 Å². The maximum Gasteiger partial charge on any atom is 0.310 e. The van der Waals surface area contributed by atoms with Gasteiger partial charge >= 0.3 is 5.97 Å². The lowest BCUT2D eigenvalue weighted by Gasteiger charge is -2.21. The molecule has 88 valence electrons. The van der Waals surface area contributed by atoms with Gasteiger partial charge in [0.2, 0.25) is 0 Å². The van der Waals surface area contributed by atoms with Crippen LogP contribution in [0, 0.1) is 5.41 Å². The van der Waals surface area contributed by atoms with E-state index < -0.39 is 22.2 Å². The molecule has 1 heterocycles. The van der Waals surface area contributed by atoms with E-state index in [1.54, 1.807) is 13.8 Å². The normalized spacial score (nSPS) is 29.0. The lowest BCUT2D eigenvalue weighted by molar-refractivity contribution is -0.145. The molecule has 1 aliphatic heterocycles. The number of ether oxygens (including phenoxy) is 1. The van der Waals surface area contributed by atoms with E-state index in [1.165, 1.54) is 0 Å². The van der Waals surface area contributed by atoms with Gasteiger partial charge in [-0.1, -0.05) is 0 Å². The third-order valence-electron chi connectivity index (χ3n) is 2.73. The third-order valence-corrected chi connectivity index (χ3v) is 5.03. The van der Waals surface area contributed by atoms with Gasteiger partial charge in [-0.3, -0.25) is 9.00 Å². The largest absolute Gasteiger partial charge is 0.481 e. The molecule has 15 heavy (non-hydrogen) atoms. The highest BCUT2D eigenvalue weighted by molar-refractivity contribution is 7.85. The Labute approximate surface area is 92.5 Å². The summed E-state index contributed by atoms with van der Waals surface area (Å²) in [6.07, 6.45) is 0.749. The Hall–Kier alpha value is -0.420. The molecule has 1 rings (SSSR count). The van der Waals surface area contributed by atoms with E-state index in [1.807, 2.05) is 6.92 Å². The summed E-state index contributed by atoms with van der Waals surface area (Å²) in [7, 11) is -1.12. The van der Waals surface area contributed by atoms with E-state index in [0.29, 0.717) is 6.61 Å². The molecule has 0 aromatic rings. The first-order valence-electron chi connectivity index (χ1n) is 5.07. The van der Waals surface area contributed by atoms with Gasteiger partial charge in [0.05, 0.1) is 16.8 Å². The summed E-state index contributed by atoms with van der Waals surface area (Å²) in [6.45, 7) is 5.73. The molecule has 0 aromatic heterocycles. The molecule has 1 aliphatic rings. The molecule has 1 saturated heterocycles. The van der Waals surface area contributed by atoms with Crippen molar-refractivity contribution in [2.24, 2.45) is 5.41 Å². The smallest absolute Gasteiger partial charge is 0.310 e. The summed E-state index contributed by atoms with van der Waals surface area (Å²) < 4.78 is 17.3. The Morgan fingerprint density at radius 2 is 2.20 bits per heavy atom. The van der Waals surface area contributed by atoms with Crippen LogP contribution in [-0.4, -0.2) is 39.0 Å². The number of carboxylic acids is 1. The molecule has 0 amide bonds. The van der Waals surface area contributed by atoms with Gasteiger partial charge < -0.3 is 9.84 Å². The molecule has 4 nitrogen and oxygen atoms in total. The molecular formula is C10H18O4S. The predicted molar refractivity (Wildman–Crippen MR) is 58.2 cm³/mol. The van der Waals surface area contributed by atoms with Crippen molar-refractivity contribution in [1.82, 2.24) is 0 Å². The average Bonchev–Trinajstić information content (AvgIpc) is 2.50. The first-order chi connectivity index (χ1) is 6.84. The molecule has 3 unspecified atom stereocenters. The standard InChI is InChI=1S/C10H18O4S/c1-7-8(4-5-14-7)15(13)6-10(2,3)9(11)12/h7-8H,4-6H2,1-3H3,(H,11,12).